The summed E-state index contributed by atoms with van der Waals surface area (Å²) in [6, 6.07) is 8.89. The second kappa shape index (κ2) is 10.3. The number of para-hydroxylation sites is 1. The number of hydrogen-bond donors (Lipinski definition) is 3. The molecule has 0 unspecified atom stereocenters. The Kier molecular flexibility index (Phi) is 7.26. The van der Waals surface area contributed by atoms with Gasteiger partial charge in [-0.3, -0.25) is 14.5 Å². The number of carbonyl (C=O) groups is 3. The van der Waals surface area contributed by atoms with Crippen LogP contribution in [0.3, 0.4) is 0 Å². The number of urea groups is 1. The molecule has 3 aliphatic heterocycles. The van der Waals surface area contributed by atoms with Gasteiger partial charge in [-0.05, 0) is 37.8 Å². The van der Waals surface area contributed by atoms with Gasteiger partial charge in [0.1, 0.15) is 0 Å². The van der Waals surface area contributed by atoms with Crippen molar-refractivity contribution >= 4 is 23.5 Å². The molecule has 1 aromatic carbocycles. The van der Waals surface area contributed by atoms with Crippen molar-refractivity contribution in [1.82, 2.24) is 20.4 Å². The molecule has 0 saturated carbocycles. The van der Waals surface area contributed by atoms with Crippen LogP contribution in [-0.4, -0.2) is 85.2 Å². The fraction of sp³-hybridized carbons (Fsp3) is 0.609. The van der Waals surface area contributed by atoms with E-state index in [1.54, 1.807) is 7.11 Å². The Morgan fingerprint density at radius 1 is 1.22 bits per heavy atom. The highest BCUT2D eigenvalue weighted by Crippen LogP contribution is 2.27. The Labute approximate surface area is 188 Å². The number of amides is 4. The molecule has 1 aromatic rings. The third-order valence-electron chi connectivity index (χ3n) is 6.74. The molecule has 3 fully saturated rings. The van der Waals surface area contributed by atoms with Crippen LogP contribution in [0.4, 0.5) is 10.5 Å². The van der Waals surface area contributed by atoms with Crippen molar-refractivity contribution in [2.75, 3.05) is 38.7 Å². The second-order valence-electron chi connectivity index (χ2n) is 8.89. The molecule has 32 heavy (non-hydrogen) atoms. The molecule has 3 saturated heterocycles. The Balaban J connectivity index is 1.30. The van der Waals surface area contributed by atoms with Crippen molar-refractivity contribution in [3.63, 3.8) is 0 Å². The Hall–Kier alpha value is -2.65. The molecule has 0 aromatic heterocycles. The van der Waals surface area contributed by atoms with Crippen LogP contribution in [-0.2, 0) is 14.3 Å². The van der Waals surface area contributed by atoms with Gasteiger partial charge in [-0.2, -0.15) is 0 Å². The molecule has 4 atom stereocenters. The quantitative estimate of drug-likeness (QED) is 0.587. The minimum absolute atomic E-state index is 0.0000422. The van der Waals surface area contributed by atoms with E-state index in [2.05, 4.69) is 20.9 Å². The number of ether oxygens (including phenoxy) is 1. The molecule has 3 N–H and O–H groups in total. The van der Waals surface area contributed by atoms with Gasteiger partial charge in [0, 0.05) is 50.9 Å². The number of nitrogens with zero attached hydrogens (tertiary/aromatic N) is 2. The van der Waals surface area contributed by atoms with Crippen molar-refractivity contribution in [3.8, 4) is 0 Å². The molecular weight excluding hydrogens is 410 g/mol. The molecule has 3 heterocycles. The fourth-order valence-electron chi connectivity index (χ4n) is 5.19. The largest absolute Gasteiger partial charge is 0.383 e. The van der Waals surface area contributed by atoms with Crippen molar-refractivity contribution in [3.05, 3.63) is 30.3 Å². The highest BCUT2D eigenvalue weighted by Gasteiger charge is 2.44. The SMILES string of the molecule is COC[C@@H]1CCCN1C(=O)CC[C@@H]1CNC(=O)[C@@H]2C[C@H](NC(=O)Nc3ccccc3)CN12. The topological polar surface area (TPSA) is 103 Å². The third-order valence-corrected chi connectivity index (χ3v) is 6.74. The zero-order valence-corrected chi connectivity index (χ0v) is 18.6. The van der Waals surface area contributed by atoms with Crippen molar-refractivity contribution in [2.45, 2.75) is 56.3 Å². The standard InChI is InChI=1S/C23H33N5O4/c1-32-15-19-8-5-11-27(19)21(29)10-9-18-13-24-22(30)20-12-17(14-28(18)20)26-23(31)25-16-6-3-2-4-7-16/h2-4,6-7,17-20H,5,8-15H2,1H3,(H,24,30)(H2,25,26,31)/t17-,18+,19-,20-/m0/s1. The highest BCUT2D eigenvalue weighted by molar-refractivity contribution is 5.89. The Morgan fingerprint density at radius 3 is 2.81 bits per heavy atom. The van der Waals surface area contributed by atoms with E-state index in [0.717, 1.165) is 25.1 Å². The average molecular weight is 444 g/mol. The van der Waals surface area contributed by atoms with Gasteiger partial charge in [0.25, 0.3) is 0 Å². The number of rotatable bonds is 7. The summed E-state index contributed by atoms with van der Waals surface area (Å²) in [5.74, 6) is 0.161. The number of benzene rings is 1. The highest BCUT2D eigenvalue weighted by atomic mass is 16.5. The van der Waals surface area contributed by atoms with Gasteiger partial charge in [-0.15, -0.1) is 0 Å². The number of methoxy groups -OCH3 is 1. The van der Waals surface area contributed by atoms with Crippen LogP contribution in [0.5, 0.6) is 0 Å². The predicted molar refractivity (Wildman–Crippen MR) is 120 cm³/mol. The van der Waals surface area contributed by atoms with E-state index in [1.165, 1.54) is 0 Å². The number of likely N-dealkylation sites (tertiary alicyclic amines) is 1. The summed E-state index contributed by atoms with van der Waals surface area (Å²) >= 11 is 0. The number of nitrogens with one attached hydrogen (secondary N) is 3. The lowest BCUT2D eigenvalue weighted by atomic mass is 10.0. The summed E-state index contributed by atoms with van der Waals surface area (Å²) in [6.45, 7) is 2.52. The molecule has 4 amide bonds. The summed E-state index contributed by atoms with van der Waals surface area (Å²) in [4.78, 5) is 41.7. The van der Waals surface area contributed by atoms with Crippen molar-refractivity contribution in [1.29, 1.82) is 0 Å². The average Bonchev–Trinajstić information content (AvgIpc) is 3.42. The normalized spacial score (nSPS) is 27.7. The maximum atomic E-state index is 12.8. The van der Waals surface area contributed by atoms with Crippen LogP contribution in [0.25, 0.3) is 0 Å². The van der Waals surface area contributed by atoms with Gasteiger partial charge in [-0.1, -0.05) is 18.2 Å². The van der Waals surface area contributed by atoms with E-state index in [4.69, 9.17) is 4.74 Å². The van der Waals surface area contributed by atoms with Crippen LogP contribution >= 0.6 is 0 Å². The third kappa shape index (κ3) is 5.21. The monoisotopic (exact) mass is 443 g/mol. The fourth-order valence-corrected chi connectivity index (χ4v) is 5.19. The molecule has 0 radical (unpaired) electrons. The minimum Gasteiger partial charge on any atom is -0.383 e. The maximum Gasteiger partial charge on any atom is 0.319 e. The van der Waals surface area contributed by atoms with Gasteiger partial charge in [0.15, 0.2) is 0 Å². The van der Waals surface area contributed by atoms with Crippen LogP contribution in [0, 0.1) is 0 Å². The van der Waals surface area contributed by atoms with Crippen LogP contribution in [0.15, 0.2) is 30.3 Å². The number of fused-ring (bicyclic) bond motifs is 1. The first-order valence-corrected chi connectivity index (χ1v) is 11.5. The van der Waals surface area contributed by atoms with Gasteiger partial charge in [0.2, 0.25) is 11.8 Å². The first-order valence-electron chi connectivity index (χ1n) is 11.5. The predicted octanol–water partition coefficient (Wildman–Crippen LogP) is 1.17. The summed E-state index contributed by atoms with van der Waals surface area (Å²) in [6.07, 6.45) is 3.73. The van der Waals surface area contributed by atoms with Gasteiger partial charge in [0.05, 0.1) is 18.7 Å². The van der Waals surface area contributed by atoms with Crippen molar-refractivity contribution in [2.24, 2.45) is 0 Å². The van der Waals surface area contributed by atoms with Gasteiger partial charge >= 0.3 is 6.03 Å². The van der Waals surface area contributed by atoms with E-state index in [-0.39, 0.29) is 42.0 Å². The summed E-state index contributed by atoms with van der Waals surface area (Å²) in [5, 5.41) is 8.81. The minimum atomic E-state index is -0.272. The van der Waals surface area contributed by atoms with Crippen LogP contribution < -0.4 is 16.0 Å². The lowest BCUT2D eigenvalue weighted by Gasteiger charge is -2.37. The smallest absolute Gasteiger partial charge is 0.319 e. The number of anilines is 1. The lowest BCUT2D eigenvalue weighted by molar-refractivity contribution is -0.133. The molecule has 174 valence electrons. The summed E-state index contributed by atoms with van der Waals surface area (Å²) in [7, 11) is 1.67. The first-order chi connectivity index (χ1) is 15.5. The molecule has 9 heteroatoms. The summed E-state index contributed by atoms with van der Waals surface area (Å²) < 4.78 is 5.26. The zero-order valence-electron chi connectivity index (χ0n) is 18.6. The summed E-state index contributed by atoms with van der Waals surface area (Å²) in [5.41, 5.74) is 0.726. The van der Waals surface area contributed by atoms with E-state index in [1.807, 2.05) is 35.2 Å². The van der Waals surface area contributed by atoms with E-state index < -0.39 is 0 Å². The van der Waals surface area contributed by atoms with E-state index >= 15 is 0 Å². The Morgan fingerprint density at radius 2 is 2.03 bits per heavy atom. The zero-order chi connectivity index (χ0) is 22.5. The Bertz CT molecular complexity index is 820. The van der Waals surface area contributed by atoms with Crippen LogP contribution in [0.1, 0.15) is 32.1 Å². The molecule has 3 aliphatic rings. The maximum absolute atomic E-state index is 12.8. The molecular formula is C23H33N5O4. The molecule has 0 aliphatic carbocycles. The molecule has 9 nitrogen and oxygen atoms in total. The lowest BCUT2D eigenvalue weighted by Crippen LogP contribution is -2.58. The van der Waals surface area contributed by atoms with Crippen molar-refractivity contribution < 1.29 is 19.1 Å². The molecule has 0 spiro atoms. The van der Waals surface area contributed by atoms with Gasteiger partial charge < -0.3 is 25.6 Å². The molecule has 4 rings (SSSR count). The first kappa shape index (κ1) is 22.5. The van der Waals surface area contributed by atoms with Gasteiger partial charge in [-0.25, -0.2) is 4.79 Å². The van der Waals surface area contributed by atoms with E-state index in [9.17, 15) is 14.4 Å². The second-order valence-corrected chi connectivity index (χ2v) is 8.89. The molecule has 0 bridgehead atoms. The number of carbonyl (C=O) groups excluding carboxylic acids is 3. The van der Waals surface area contributed by atoms with Crippen LogP contribution in [0.2, 0.25) is 0 Å². The van der Waals surface area contributed by atoms with E-state index in [0.29, 0.717) is 39.0 Å². The number of hydrogen-bond acceptors (Lipinski definition) is 5. The number of piperazine rings is 1.